The molecule has 8 heteroatoms. The molecule has 0 aromatic heterocycles. The first-order chi connectivity index (χ1) is 15.9. The standard InChI is InChI=1S/C25H27FN4O3/c1-33-22-14-19(26)4-7-21(22)23(31)29-11-8-25(9-12-29)10-13-30(24(25)32)20-5-2-17(3-6-20)18(15-27)16-28/h2-7,14-16,27H,8-13,28H2,1H3/b18-16+,27-15?. The van der Waals surface area contributed by atoms with Gasteiger partial charge in [0.05, 0.1) is 18.1 Å². The number of nitrogens with one attached hydrogen (secondary N) is 1. The van der Waals surface area contributed by atoms with Crippen LogP contribution in [0.1, 0.15) is 35.2 Å². The van der Waals surface area contributed by atoms with Gasteiger partial charge < -0.3 is 25.7 Å². The highest BCUT2D eigenvalue weighted by molar-refractivity contribution is 6.08. The average molecular weight is 451 g/mol. The van der Waals surface area contributed by atoms with Crippen LogP contribution in [0.4, 0.5) is 10.1 Å². The fraction of sp³-hybridized carbons (Fsp3) is 0.320. The van der Waals surface area contributed by atoms with Crippen LogP contribution in [0.25, 0.3) is 5.57 Å². The number of carbonyl (C=O) groups excluding carboxylic acids is 2. The van der Waals surface area contributed by atoms with Crippen LogP contribution in [-0.2, 0) is 4.79 Å². The molecule has 2 heterocycles. The minimum atomic E-state index is -0.473. The van der Waals surface area contributed by atoms with Gasteiger partial charge in [0.1, 0.15) is 11.6 Å². The van der Waals surface area contributed by atoms with Crippen molar-refractivity contribution in [2.75, 3.05) is 31.6 Å². The van der Waals surface area contributed by atoms with E-state index in [2.05, 4.69) is 0 Å². The van der Waals surface area contributed by atoms with Crippen LogP contribution in [0.5, 0.6) is 5.75 Å². The number of hydrogen-bond acceptors (Lipinski definition) is 5. The largest absolute Gasteiger partial charge is 0.496 e. The highest BCUT2D eigenvalue weighted by atomic mass is 19.1. The number of hydrogen-bond donors (Lipinski definition) is 2. The maximum atomic E-state index is 13.5. The van der Waals surface area contributed by atoms with Crippen LogP contribution >= 0.6 is 0 Å². The monoisotopic (exact) mass is 450 g/mol. The maximum absolute atomic E-state index is 13.5. The molecular weight excluding hydrogens is 423 g/mol. The van der Waals surface area contributed by atoms with Crippen molar-refractivity contribution in [3.05, 3.63) is 65.6 Å². The number of amides is 2. The number of halogens is 1. The van der Waals surface area contributed by atoms with Crippen LogP contribution in [0.15, 0.2) is 48.7 Å². The highest BCUT2D eigenvalue weighted by Gasteiger charge is 2.49. The molecule has 2 amide bonds. The third-order valence-electron chi connectivity index (χ3n) is 6.76. The van der Waals surface area contributed by atoms with E-state index in [9.17, 15) is 14.0 Å². The number of allylic oxidation sites excluding steroid dienone is 1. The summed E-state index contributed by atoms with van der Waals surface area (Å²) in [6.07, 6.45) is 4.49. The van der Waals surface area contributed by atoms with Gasteiger partial charge in [-0.15, -0.1) is 0 Å². The zero-order valence-electron chi connectivity index (χ0n) is 18.5. The average Bonchev–Trinajstić information content (AvgIpc) is 3.15. The summed E-state index contributed by atoms with van der Waals surface area (Å²) >= 11 is 0. The molecule has 0 aliphatic carbocycles. The number of likely N-dealkylation sites (tertiary alicyclic amines) is 1. The first-order valence-electron chi connectivity index (χ1n) is 10.9. The number of nitrogens with zero attached hydrogens (tertiary/aromatic N) is 2. The number of carbonyl (C=O) groups is 2. The van der Waals surface area contributed by atoms with Gasteiger partial charge in [-0.2, -0.15) is 0 Å². The molecule has 4 rings (SSSR count). The third kappa shape index (κ3) is 4.08. The van der Waals surface area contributed by atoms with Crippen LogP contribution < -0.4 is 15.4 Å². The lowest BCUT2D eigenvalue weighted by atomic mass is 9.77. The van der Waals surface area contributed by atoms with Crippen molar-refractivity contribution in [1.29, 1.82) is 5.41 Å². The predicted octanol–water partition coefficient (Wildman–Crippen LogP) is 3.44. The number of rotatable bonds is 5. The number of piperidine rings is 1. The third-order valence-corrected chi connectivity index (χ3v) is 6.76. The summed E-state index contributed by atoms with van der Waals surface area (Å²) in [5, 5.41) is 7.42. The van der Waals surface area contributed by atoms with Crippen molar-refractivity contribution in [2.24, 2.45) is 11.1 Å². The number of anilines is 1. The van der Waals surface area contributed by atoms with Gasteiger partial charge in [0.15, 0.2) is 0 Å². The molecule has 2 aromatic carbocycles. The Balaban J connectivity index is 1.44. The van der Waals surface area contributed by atoms with Crippen molar-refractivity contribution in [2.45, 2.75) is 19.3 Å². The minimum absolute atomic E-state index is 0.0864. The maximum Gasteiger partial charge on any atom is 0.257 e. The molecular formula is C25H27FN4O3. The van der Waals surface area contributed by atoms with Crippen molar-refractivity contribution in [3.8, 4) is 5.75 Å². The molecule has 0 saturated carbocycles. The van der Waals surface area contributed by atoms with E-state index in [0.29, 0.717) is 43.6 Å². The molecule has 2 aromatic rings. The second-order valence-corrected chi connectivity index (χ2v) is 8.44. The Morgan fingerprint density at radius 2 is 1.79 bits per heavy atom. The van der Waals surface area contributed by atoms with E-state index in [4.69, 9.17) is 15.9 Å². The smallest absolute Gasteiger partial charge is 0.257 e. The fourth-order valence-corrected chi connectivity index (χ4v) is 4.74. The van der Waals surface area contributed by atoms with Gasteiger partial charge in [0, 0.05) is 49.4 Å². The van der Waals surface area contributed by atoms with Gasteiger partial charge >= 0.3 is 0 Å². The Morgan fingerprint density at radius 1 is 1.12 bits per heavy atom. The summed E-state index contributed by atoms with van der Waals surface area (Å²) in [7, 11) is 1.41. The number of nitrogens with two attached hydrogens (primary N) is 1. The molecule has 3 N–H and O–H groups in total. The lowest BCUT2D eigenvalue weighted by Gasteiger charge is -2.38. The molecule has 33 heavy (non-hydrogen) atoms. The Kier molecular flexibility index (Phi) is 6.18. The van der Waals surface area contributed by atoms with E-state index in [0.717, 1.165) is 17.7 Å². The van der Waals surface area contributed by atoms with Gasteiger partial charge in [-0.05, 0) is 49.1 Å². The topological polar surface area (TPSA) is 99.7 Å². The van der Waals surface area contributed by atoms with Crippen molar-refractivity contribution in [3.63, 3.8) is 0 Å². The first-order valence-corrected chi connectivity index (χ1v) is 10.9. The summed E-state index contributed by atoms with van der Waals surface area (Å²) in [4.78, 5) is 29.9. The Morgan fingerprint density at radius 3 is 2.39 bits per heavy atom. The molecule has 1 spiro atoms. The zero-order chi connectivity index (χ0) is 23.6. The van der Waals surface area contributed by atoms with E-state index in [1.807, 2.05) is 24.3 Å². The molecule has 172 valence electrons. The molecule has 7 nitrogen and oxygen atoms in total. The normalized spacial score (nSPS) is 18.0. The van der Waals surface area contributed by atoms with Crippen LogP contribution in [0, 0.1) is 16.6 Å². The molecule has 0 radical (unpaired) electrons. The number of methoxy groups -OCH3 is 1. The minimum Gasteiger partial charge on any atom is -0.496 e. The summed E-state index contributed by atoms with van der Waals surface area (Å²) < 4.78 is 18.7. The van der Waals surface area contributed by atoms with Crippen molar-refractivity contribution in [1.82, 2.24) is 4.90 Å². The van der Waals surface area contributed by atoms with Crippen molar-refractivity contribution >= 4 is 29.3 Å². The van der Waals surface area contributed by atoms with Crippen molar-refractivity contribution < 1.29 is 18.7 Å². The number of benzene rings is 2. The van der Waals surface area contributed by atoms with E-state index in [1.165, 1.54) is 37.7 Å². The molecule has 2 saturated heterocycles. The highest BCUT2D eigenvalue weighted by Crippen LogP contribution is 2.43. The summed E-state index contributed by atoms with van der Waals surface area (Å²) in [5.41, 5.74) is 7.65. The molecule has 2 aliphatic heterocycles. The Labute approximate surface area is 192 Å². The quantitative estimate of drug-likeness (QED) is 0.682. The number of ether oxygens (including phenoxy) is 1. The second kappa shape index (κ2) is 9.05. The zero-order valence-corrected chi connectivity index (χ0v) is 18.5. The van der Waals surface area contributed by atoms with E-state index in [1.54, 1.807) is 9.80 Å². The van der Waals surface area contributed by atoms with E-state index >= 15 is 0 Å². The van der Waals surface area contributed by atoms with Gasteiger partial charge in [-0.25, -0.2) is 4.39 Å². The Hall–Kier alpha value is -3.68. The summed E-state index contributed by atoms with van der Waals surface area (Å²) in [6.45, 7) is 1.55. The fourth-order valence-electron chi connectivity index (χ4n) is 4.74. The Bertz CT molecular complexity index is 1110. The van der Waals surface area contributed by atoms with Gasteiger partial charge in [-0.3, -0.25) is 9.59 Å². The molecule has 2 aliphatic rings. The first kappa shape index (κ1) is 22.5. The van der Waals surface area contributed by atoms with E-state index < -0.39 is 11.2 Å². The van der Waals surface area contributed by atoms with Crippen LogP contribution in [0.3, 0.4) is 0 Å². The summed E-state index contributed by atoms with van der Waals surface area (Å²) in [5.74, 6) is -0.376. The second-order valence-electron chi connectivity index (χ2n) is 8.44. The van der Waals surface area contributed by atoms with Gasteiger partial charge in [0.2, 0.25) is 5.91 Å². The van der Waals surface area contributed by atoms with E-state index in [-0.39, 0.29) is 17.6 Å². The summed E-state index contributed by atoms with van der Waals surface area (Å²) in [6, 6.07) is 11.4. The predicted molar refractivity (Wildman–Crippen MR) is 125 cm³/mol. The SMILES string of the molecule is COc1cc(F)ccc1C(=O)N1CCC2(CC1)CCN(c1ccc(/C(C=N)=C/N)cc1)C2=O. The molecule has 0 unspecified atom stereocenters. The van der Waals surface area contributed by atoms with Crippen LogP contribution in [-0.4, -0.2) is 49.7 Å². The van der Waals surface area contributed by atoms with Gasteiger partial charge in [0.25, 0.3) is 5.91 Å². The molecule has 0 bridgehead atoms. The molecule has 2 fully saturated rings. The van der Waals surface area contributed by atoms with Gasteiger partial charge in [-0.1, -0.05) is 12.1 Å². The lowest BCUT2D eigenvalue weighted by Crippen LogP contribution is -2.46. The lowest BCUT2D eigenvalue weighted by molar-refractivity contribution is -0.127. The molecule has 0 atom stereocenters. The van der Waals surface area contributed by atoms with Crippen LogP contribution in [0.2, 0.25) is 0 Å².